The van der Waals surface area contributed by atoms with E-state index in [1.54, 1.807) is 28.4 Å². The average molecular weight is 390 g/mol. The van der Waals surface area contributed by atoms with Crippen molar-refractivity contribution in [2.24, 2.45) is 12.0 Å². The number of rotatable bonds is 8. The Morgan fingerprint density at radius 1 is 1.07 bits per heavy atom. The topological polar surface area (TPSA) is 81.9 Å². The molecular weight excluding hydrogens is 358 g/mol. The summed E-state index contributed by atoms with van der Waals surface area (Å²) < 4.78 is 18.1. The maximum atomic E-state index is 5.40. The Balaban J connectivity index is 1.97. The van der Waals surface area contributed by atoms with Gasteiger partial charge in [0.2, 0.25) is 5.75 Å². The highest BCUT2D eigenvalue weighted by atomic mass is 16.5. The summed E-state index contributed by atoms with van der Waals surface area (Å²) in [6, 6.07) is 3.84. The molecule has 2 N–H and O–H groups in total. The molecule has 0 aliphatic heterocycles. The zero-order valence-corrected chi connectivity index (χ0v) is 17.8. The van der Waals surface area contributed by atoms with E-state index in [1.165, 1.54) is 11.3 Å². The fourth-order valence-corrected chi connectivity index (χ4v) is 3.13. The van der Waals surface area contributed by atoms with Gasteiger partial charge in [0.05, 0.1) is 27.0 Å². The summed E-state index contributed by atoms with van der Waals surface area (Å²) in [5.74, 6) is 2.57. The van der Waals surface area contributed by atoms with Crippen molar-refractivity contribution in [3.63, 3.8) is 0 Å². The minimum Gasteiger partial charge on any atom is -0.493 e. The lowest BCUT2D eigenvalue weighted by atomic mass is 10.1. The number of benzene rings is 1. The van der Waals surface area contributed by atoms with Crippen LogP contribution in [-0.4, -0.2) is 50.7 Å². The number of aliphatic imine (C=N–C) groups is 1. The van der Waals surface area contributed by atoms with Gasteiger partial charge in [0, 0.05) is 32.9 Å². The third-order valence-corrected chi connectivity index (χ3v) is 4.73. The smallest absolute Gasteiger partial charge is 0.203 e. The molecular formula is C20H31N5O3. The monoisotopic (exact) mass is 389 g/mol. The summed E-state index contributed by atoms with van der Waals surface area (Å²) in [6.45, 7) is 5.47. The van der Waals surface area contributed by atoms with E-state index < -0.39 is 0 Å². The van der Waals surface area contributed by atoms with Crippen molar-refractivity contribution < 1.29 is 14.2 Å². The van der Waals surface area contributed by atoms with Crippen LogP contribution in [0.5, 0.6) is 17.2 Å². The second-order valence-corrected chi connectivity index (χ2v) is 6.41. The minimum atomic E-state index is 0.571. The van der Waals surface area contributed by atoms with Gasteiger partial charge in [-0.2, -0.15) is 5.10 Å². The first-order chi connectivity index (χ1) is 13.4. The van der Waals surface area contributed by atoms with Crippen LogP contribution >= 0.6 is 0 Å². The number of guanidine groups is 1. The Morgan fingerprint density at radius 2 is 1.71 bits per heavy atom. The minimum absolute atomic E-state index is 0.571. The summed E-state index contributed by atoms with van der Waals surface area (Å²) in [5.41, 5.74) is 4.54. The molecule has 0 saturated carbocycles. The molecule has 0 aliphatic carbocycles. The molecule has 0 fully saturated rings. The predicted octanol–water partition coefficient (Wildman–Crippen LogP) is 1.97. The van der Waals surface area contributed by atoms with E-state index >= 15 is 0 Å². The van der Waals surface area contributed by atoms with E-state index in [9.17, 15) is 0 Å². The molecule has 8 heteroatoms. The first-order valence-electron chi connectivity index (χ1n) is 9.17. The van der Waals surface area contributed by atoms with E-state index in [0.29, 0.717) is 23.8 Å². The number of nitrogens with one attached hydrogen (secondary N) is 2. The Morgan fingerprint density at radius 3 is 2.18 bits per heavy atom. The van der Waals surface area contributed by atoms with Crippen molar-refractivity contribution in [3.05, 3.63) is 34.6 Å². The molecule has 8 nitrogen and oxygen atoms in total. The Kier molecular flexibility index (Phi) is 7.54. The highest BCUT2D eigenvalue weighted by Gasteiger charge is 2.13. The molecule has 0 atom stereocenters. The van der Waals surface area contributed by atoms with Gasteiger partial charge in [-0.25, -0.2) is 0 Å². The van der Waals surface area contributed by atoms with Crippen molar-refractivity contribution in [1.82, 2.24) is 20.4 Å². The third-order valence-electron chi connectivity index (χ3n) is 4.73. The van der Waals surface area contributed by atoms with Gasteiger partial charge in [-0.3, -0.25) is 9.67 Å². The van der Waals surface area contributed by atoms with Crippen molar-refractivity contribution in [3.8, 4) is 17.2 Å². The normalized spacial score (nSPS) is 11.3. The Hall–Kier alpha value is -2.90. The molecule has 0 aliphatic rings. The van der Waals surface area contributed by atoms with E-state index in [0.717, 1.165) is 30.2 Å². The van der Waals surface area contributed by atoms with E-state index in [4.69, 9.17) is 14.2 Å². The molecule has 0 unspecified atom stereocenters. The highest BCUT2D eigenvalue weighted by Crippen LogP contribution is 2.38. The fourth-order valence-electron chi connectivity index (χ4n) is 3.13. The SMILES string of the molecule is CN=C(NCCc1c(C)nn(C)c1C)NCc1cc(OC)c(OC)c(OC)c1. The summed E-state index contributed by atoms with van der Waals surface area (Å²) in [4.78, 5) is 4.29. The van der Waals surface area contributed by atoms with Gasteiger partial charge in [0.15, 0.2) is 17.5 Å². The molecule has 0 amide bonds. The molecule has 28 heavy (non-hydrogen) atoms. The zero-order chi connectivity index (χ0) is 20.7. The lowest BCUT2D eigenvalue weighted by molar-refractivity contribution is 0.323. The summed E-state index contributed by atoms with van der Waals surface area (Å²) >= 11 is 0. The lowest BCUT2D eigenvalue weighted by Crippen LogP contribution is -2.37. The maximum Gasteiger partial charge on any atom is 0.203 e. The summed E-state index contributed by atoms with van der Waals surface area (Å²) in [5, 5.41) is 11.1. The van der Waals surface area contributed by atoms with E-state index in [-0.39, 0.29) is 0 Å². The van der Waals surface area contributed by atoms with Crippen LogP contribution in [0.2, 0.25) is 0 Å². The molecule has 1 heterocycles. The van der Waals surface area contributed by atoms with Gasteiger partial charge in [-0.15, -0.1) is 0 Å². The van der Waals surface area contributed by atoms with Crippen molar-refractivity contribution in [2.75, 3.05) is 34.9 Å². The van der Waals surface area contributed by atoms with E-state index in [2.05, 4.69) is 27.6 Å². The van der Waals surface area contributed by atoms with Gasteiger partial charge < -0.3 is 24.8 Å². The molecule has 154 valence electrons. The quantitative estimate of drug-likeness (QED) is 0.531. The maximum absolute atomic E-state index is 5.40. The van der Waals surface area contributed by atoms with Crippen LogP contribution in [0.4, 0.5) is 0 Å². The molecule has 0 radical (unpaired) electrons. The predicted molar refractivity (Wildman–Crippen MR) is 111 cm³/mol. The van der Waals surface area contributed by atoms with Crippen LogP contribution in [0, 0.1) is 13.8 Å². The van der Waals surface area contributed by atoms with Gasteiger partial charge in [0.25, 0.3) is 0 Å². The number of nitrogens with zero attached hydrogens (tertiary/aromatic N) is 3. The molecule has 2 rings (SSSR count). The lowest BCUT2D eigenvalue weighted by Gasteiger charge is -2.16. The largest absolute Gasteiger partial charge is 0.493 e. The second kappa shape index (κ2) is 9.87. The number of aromatic nitrogens is 2. The number of methoxy groups -OCH3 is 3. The third kappa shape index (κ3) is 4.88. The summed E-state index contributed by atoms with van der Waals surface area (Å²) in [7, 11) is 8.53. The van der Waals surface area contributed by atoms with Crippen LogP contribution in [0.3, 0.4) is 0 Å². The fraction of sp³-hybridized carbons (Fsp3) is 0.500. The molecule has 0 saturated heterocycles. The van der Waals surface area contributed by atoms with Gasteiger partial charge in [-0.1, -0.05) is 0 Å². The second-order valence-electron chi connectivity index (χ2n) is 6.41. The van der Waals surface area contributed by atoms with Crippen LogP contribution < -0.4 is 24.8 Å². The standard InChI is InChI=1S/C20H31N5O3/c1-13-16(14(2)25(4)24-13)8-9-22-20(21-3)23-12-15-10-17(26-5)19(28-7)18(11-15)27-6/h10-11H,8-9,12H2,1-7H3,(H2,21,22,23). The number of ether oxygens (including phenoxy) is 3. The van der Waals surface area contributed by atoms with Crippen LogP contribution in [0.1, 0.15) is 22.5 Å². The van der Waals surface area contributed by atoms with Crippen LogP contribution in [0.15, 0.2) is 17.1 Å². The molecule has 0 bridgehead atoms. The van der Waals surface area contributed by atoms with Gasteiger partial charge >= 0.3 is 0 Å². The number of hydrogen-bond acceptors (Lipinski definition) is 5. The first kappa shape index (κ1) is 21.4. The van der Waals surface area contributed by atoms with Crippen molar-refractivity contribution in [1.29, 1.82) is 0 Å². The summed E-state index contributed by atoms with van der Waals surface area (Å²) in [6.07, 6.45) is 0.885. The molecule has 0 spiro atoms. The number of aryl methyl sites for hydroxylation is 2. The Labute approximate surface area is 166 Å². The van der Waals surface area contributed by atoms with Gasteiger partial charge in [0.1, 0.15) is 0 Å². The zero-order valence-electron chi connectivity index (χ0n) is 17.8. The van der Waals surface area contributed by atoms with Gasteiger partial charge in [-0.05, 0) is 43.5 Å². The molecule has 2 aromatic rings. The molecule has 1 aromatic heterocycles. The van der Waals surface area contributed by atoms with Crippen molar-refractivity contribution >= 4 is 5.96 Å². The van der Waals surface area contributed by atoms with Crippen LogP contribution in [-0.2, 0) is 20.0 Å². The Bertz CT molecular complexity index is 804. The number of hydrogen-bond donors (Lipinski definition) is 2. The highest BCUT2D eigenvalue weighted by molar-refractivity contribution is 5.79. The first-order valence-corrected chi connectivity index (χ1v) is 9.17. The molecule has 1 aromatic carbocycles. The van der Waals surface area contributed by atoms with Crippen LogP contribution in [0.25, 0.3) is 0 Å². The van der Waals surface area contributed by atoms with Crippen molar-refractivity contribution in [2.45, 2.75) is 26.8 Å². The van der Waals surface area contributed by atoms with E-state index in [1.807, 2.05) is 30.8 Å². The average Bonchev–Trinajstić information content (AvgIpc) is 2.95.